The summed E-state index contributed by atoms with van der Waals surface area (Å²) in [4.78, 5) is 2.62. The normalized spacial score (nSPS) is 30.8. The van der Waals surface area contributed by atoms with Crippen molar-refractivity contribution in [2.24, 2.45) is 11.8 Å². The Kier molecular flexibility index (Phi) is 3.98. The molecule has 3 nitrogen and oxygen atoms in total. The van der Waals surface area contributed by atoms with Crippen LogP contribution in [0.1, 0.15) is 39.2 Å². The minimum atomic E-state index is 0.266. The van der Waals surface area contributed by atoms with Crippen LogP contribution >= 0.6 is 0 Å². The maximum atomic E-state index is 9.69. The van der Waals surface area contributed by atoms with Crippen molar-refractivity contribution < 1.29 is 5.11 Å². The number of phenolic OH excluding ortho intramolecular Hbond substituents is 1. The van der Waals surface area contributed by atoms with Crippen LogP contribution in [0.5, 0.6) is 5.75 Å². The van der Waals surface area contributed by atoms with E-state index in [4.69, 9.17) is 0 Å². The maximum absolute atomic E-state index is 9.69. The van der Waals surface area contributed by atoms with Crippen LogP contribution < -0.4 is 5.32 Å². The Morgan fingerprint density at radius 2 is 2.14 bits per heavy atom. The molecular weight excluding hydrogens is 260 g/mol. The standard InChI is InChI=1S/C18H28N2O/c1-13(2)17-10-19-18(3,15-7-8-15)12-20(17)11-14-5-4-6-16(21)9-14/h4-6,9,13,15,17,19,21H,7-8,10-12H2,1-3H3. The quantitative estimate of drug-likeness (QED) is 0.894. The Morgan fingerprint density at radius 3 is 2.76 bits per heavy atom. The van der Waals surface area contributed by atoms with Crippen LogP contribution in [-0.4, -0.2) is 34.7 Å². The number of piperazine rings is 1. The van der Waals surface area contributed by atoms with E-state index in [1.807, 2.05) is 12.1 Å². The molecule has 2 fully saturated rings. The lowest BCUT2D eigenvalue weighted by atomic mass is 9.88. The molecule has 0 aromatic heterocycles. The molecule has 2 N–H and O–H groups in total. The molecular formula is C18H28N2O. The predicted molar refractivity (Wildman–Crippen MR) is 86.3 cm³/mol. The molecule has 1 aromatic carbocycles. The number of benzene rings is 1. The summed E-state index contributed by atoms with van der Waals surface area (Å²) in [5.74, 6) is 1.85. The highest BCUT2D eigenvalue weighted by Crippen LogP contribution is 2.42. The summed E-state index contributed by atoms with van der Waals surface area (Å²) in [6.45, 7) is 10.1. The van der Waals surface area contributed by atoms with Gasteiger partial charge in [-0.1, -0.05) is 26.0 Å². The predicted octanol–water partition coefficient (Wildman–Crippen LogP) is 2.99. The first-order valence-corrected chi connectivity index (χ1v) is 8.25. The summed E-state index contributed by atoms with van der Waals surface area (Å²) < 4.78 is 0. The second-order valence-corrected chi connectivity index (χ2v) is 7.46. The van der Waals surface area contributed by atoms with Gasteiger partial charge in [-0.25, -0.2) is 0 Å². The molecule has 1 aliphatic carbocycles. The molecule has 116 valence electrons. The molecule has 2 atom stereocenters. The van der Waals surface area contributed by atoms with Gasteiger partial charge in [0.1, 0.15) is 5.75 Å². The Morgan fingerprint density at radius 1 is 1.38 bits per heavy atom. The number of aromatic hydroxyl groups is 1. The Bertz CT molecular complexity index is 498. The summed E-state index contributed by atoms with van der Waals surface area (Å²) in [6.07, 6.45) is 2.74. The van der Waals surface area contributed by atoms with Crippen LogP contribution in [0.4, 0.5) is 0 Å². The number of nitrogens with zero attached hydrogens (tertiary/aromatic N) is 1. The van der Waals surface area contributed by atoms with Gasteiger partial charge >= 0.3 is 0 Å². The lowest BCUT2D eigenvalue weighted by Crippen LogP contribution is -2.64. The van der Waals surface area contributed by atoms with Gasteiger partial charge in [-0.2, -0.15) is 0 Å². The van der Waals surface area contributed by atoms with Gasteiger partial charge in [0.15, 0.2) is 0 Å². The zero-order chi connectivity index (χ0) is 15.0. The molecule has 1 saturated carbocycles. The van der Waals surface area contributed by atoms with Crippen molar-refractivity contribution >= 4 is 0 Å². The molecule has 1 heterocycles. The number of phenols is 1. The highest BCUT2D eigenvalue weighted by molar-refractivity contribution is 5.27. The van der Waals surface area contributed by atoms with E-state index >= 15 is 0 Å². The van der Waals surface area contributed by atoms with Crippen LogP contribution in [0.25, 0.3) is 0 Å². The van der Waals surface area contributed by atoms with Crippen molar-refractivity contribution in [3.63, 3.8) is 0 Å². The Labute approximate surface area is 128 Å². The topological polar surface area (TPSA) is 35.5 Å². The van der Waals surface area contributed by atoms with Crippen LogP contribution in [0.3, 0.4) is 0 Å². The highest BCUT2D eigenvalue weighted by Gasteiger charge is 2.46. The number of hydrogen-bond acceptors (Lipinski definition) is 3. The van der Waals surface area contributed by atoms with Crippen molar-refractivity contribution in [2.75, 3.05) is 13.1 Å². The molecule has 2 aliphatic rings. The van der Waals surface area contributed by atoms with E-state index in [1.165, 1.54) is 18.4 Å². The van der Waals surface area contributed by atoms with Crippen molar-refractivity contribution in [3.05, 3.63) is 29.8 Å². The van der Waals surface area contributed by atoms with Crippen molar-refractivity contribution in [3.8, 4) is 5.75 Å². The molecule has 21 heavy (non-hydrogen) atoms. The third kappa shape index (κ3) is 3.24. The molecule has 2 unspecified atom stereocenters. The molecule has 0 radical (unpaired) electrons. The fourth-order valence-corrected chi connectivity index (χ4v) is 3.78. The Hall–Kier alpha value is -1.06. The minimum absolute atomic E-state index is 0.266. The van der Waals surface area contributed by atoms with E-state index in [2.05, 4.69) is 37.1 Å². The fraction of sp³-hybridized carbons (Fsp3) is 0.667. The molecule has 0 amide bonds. The lowest BCUT2D eigenvalue weighted by Gasteiger charge is -2.48. The molecule has 3 heteroatoms. The van der Waals surface area contributed by atoms with Gasteiger partial charge in [0.2, 0.25) is 0 Å². The zero-order valence-corrected chi connectivity index (χ0v) is 13.5. The molecule has 0 spiro atoms. The van der Waals surface area contributed by atoms with E-state index < -0.39 is 0 Å². The van der Waals surface area contributed by atoms with Gasteiger partial charge in [-0.15, -0.1) is 0 Å². The molecule has 0 bridgehead atoms. The second kappa shape index (κ2) is 5.62. The number of rotatable bonds is 4. The molecule has 1 aromatic rings. The van der Waals surface area contributed by atoms with E-state index in [9.17, 15) is 5.11 Å². The molecule has 3 rings (SSSR count). The van der Waals surface area contributed by atoms with Crippen LogP contribution in [0, 0.1) is 11.8 Å². The van der Waals surface area contributed by atoms with Crippen LogP contribution in [0.2, 0.25) is 0 Å². The average molecular weight is 288 g/mol. The van der Waals surface area contributed by atoms with Crippen LogP contribution in [-0.2, 0) is 6.54 Å². The van der Waals surface area contributed by atoms with Crippen molar-refractivity contribution in [1.29, 1.82) is 0 Å². The Balaban J connectivity index is 1.77. The highest BCUT2D eigenvalue weighted by atomic mass is 16.3. The van der Waals surface area contributed by atoms with Gasteiger partial charge < -0.3 is 10.4 Å². The van der Waals surface area contributed by atoms with Gasteiger partial charge in [-0.05, 0) is 49.3 Å². The first-order valence-electron chi connectivity index (χ1n) is 8.25. The van der Waals surface area contributed by atoms with E-state index in [1.54, 1.807) is 6.07 Å². The molecule has 1 aliphatic heterocycles. The van der Waals surface area contributed by atoms with Gasteiger partial charge in [-0.3, -0.25) is 4.90 Å². The summed E-state index contributed by atoms with van der Waals surface area (Å²) in [7, 11) is 0. The third-order valence-electron chi connectivity index (χ3n) is 5.26. The first-order chi connectivity index (χ1) is 9.98. The summed E-state index contributed by atoms with van der Waals surface area (Å²) >= 11 is 0. The fourth-order valence-electron chi connectivity index (χ4n) is 3.78. The van der Waals surface area contributed by atoms with Gasteiger partial charge in [0.25, 0.3) is 0 Å². The smallest absolute Gasteiger partial charge is 0.115 e. The van der Waals surface area contributed by atoms with Crippen LogP contribution in [0.15, 0.2) is 24.3 Å². The third-order valence-corrected chi connectivity index (χ3v) is 5.26. The lowest BCUT2D eigenvalue weighted by molar-refractivity contribution is 0.0462. The monoisotopic (exact) mass is 288 g/mol. The van der Waals surface area contributed by atoms with Crippen molar-refractivity contribution in [2.45, 2.75) is 51.7 Å². The molecule has 1 saturated heterocycles. The van der Waals surface area contributed by atoms with Crippen molar-refractivity contribution in [1.82, 2.24) is 10.2 Å². The summed E-state index contributed by atoms with van der Waals surface area (Å²) in [5, 5.41) is 13.5. The maximum Gasteiger partial charge on any atom is 0.115 e. The zero-order valence-electron chi connectivity index (χ0n) is 13.5. The first kappa shape index (κ1) is 14.9. The average Bonchev–Trinajstić information content (AvgIpc) is 3.23. The summed E-state index contributed by atoms with van der Waals surface area (Å²) in [5.41, 5.74) is 1.48. The van der Waals surface area contributed by atoms with E-state index in [-0.39, 0.29) is 5.54 Å². The largest absolute Gasteiger partial charge is 0.508 e. The van der Waals surface area contributed by atoms with E-state index in [0.29, 0.717) is 17.7 Å². The van der Waals surface area contributed by atoms with Gasteiger partial charge in [0, 0.05) is 31.2 Å². The number of hydrogen-bond donors (Lipinski definition) is 2. The SMILES string of the molecule is CC(C)C1CNC(C)(C2CC2)CN1Cc1cccc(O)c1. The van der Waals surface area contributed by atoms with Gasteiger partial charge in [0.05, 0.1) is 0 Å². The summed E-state index contributed by atoms with van der Waals surface area (Å²) in [6, 6.07) is 8.27. The van der Waals surface area contributed by atoms with E-state index in [0.717, 1.165) is 25.6 Å². The second-order valence-electron chi connectivity index (χ2n) is 7.46. The minimum Gasteiger partial charge on any atom is -0.508 e. The number of nitrogens with one attached hydrogen (secondary N) is 1.